The largest absolute Gasteiger partial charge is 0.489 e. The zero-order valence-corrected chi connectivity index (χ0v) is 19.3. The lowest BCUT2D eigenvalue weighted by molar-refractivity contribution is 0.306. The van der Waals surface area contributed by atoms with Crippen LogP contribution in [-0.4, -0.2) is 11.2 Å². The Hall–Kier alpha value is -3.45. The molecule has 0 radical (unpaired) electrons. The van der Waals surface area contributed by atoms with Crippen molar-refractivity contribution in [3.63, 3.8) is 0 Å². The van der Waals surface area contributed by atoms with Crippen LogP contribution in [-0.2, 0) is 6.61 Å². The van der Waals surface area contributed by atoms with Crippen molar-refractivity contribution in [2.75, 3.05) is 0 Å². The summed E-state index contributed by atoms with van der Waals surface area (Å²) in [5.41, 5.74) is 5.47. The zero-order valence-electron chi connectivity index (χ0n) is 17.1. The molecule has 32 heavy (non-hydrogen) atoms. The minimum absolute atomic E-state index is 0.552. The Morgan fingerprint density at radius 3 is 2.53 bits per heavy atom. The first-order valence-corrected chi connectivity index (χ1v) is 11.3. The molecule has 4 nitrogen and oxygen atoms in total. The molecule has 1 heterocycles. The molecule has 0 saturated heterocycles. The van der Waals surface area contributed by atoms with Crippen molar-refractivity contribution in [3.05, 3.63) is 112 Å². The van der Waals surface area contributed by atoms with Gasteiger partial charge in [-0.3, -0.25) is 4.99 Å². The molecule has 0 spiro atoms. The first kappa shape index (κ1) is 20.5. The molecule has 0 aliphatic carbocycles. The zero-order chi connectivity index (χ0) is 21.8. The molecule has 0 aliphatic heterocycles. The van der Waals surface area contributed by atoms with E-state index in [-0.39, 0.29) is 0 Å². The number of hydrogen-bond donors (Lipinski definition) is 0. The van der Waals surface area contributed by atoms with Gasteiger partial charge in [0.15, 0.2) is 5.58 Å². The molecule has 1 aromatic heterocycles. The molecule has 0 amide bonds. The number of hydrogen-bond acceptors (Lipinski definition) is 4. The summed E-state index contributed by atoms with van der Waals surface area (Å²) < 4.78 is 12.9. The van der Waals surface area contributed by atoms with Gasteiger partial charge in [-0.15, -0.1) is 0 Å². The summed E-state index contributed by atoms with van der Waals surface area (Å²) in [5.74, 6) is 1.45. The Balaban J connectivity index is 1.28. The highest BCUT2D eigenvalue weighted by molar-refractivity contribution is 14.1. The van der Waals surface area contributed by atoms with Crippen molar-refractivity contribution in [1.29, 1.82) is 0 Å². The van der Waals surface area contributed by atoms with Crippen molar-refractivity contribution in [2.24, 2.45) is 4.99 Å². The van der Waals surface area contributed by atoms with Gasteiger partial charge in [-0.05, 0) is 94.4 Å². The number of aromatic nitrogens is 1. The number of rotatable bonds is 6. The van der Waals surface area contributed by atoms with Crippen LogP contribution in [0.25, 0.3) is 22.6 Å². The fourth-order valence-corrected chi connectivity index (χ4v) is 3.82. The van der Waals surface area contributed by atoms with Crippen LogP contribution in [0.4, 0.5) is 5.69 Å². The van der Waals surface area contributed by atoms with E-state index >= 15 is 0 Å². The Kier molecular flexibility index (Phi) is 5.98. The van der Waals surface area contributed by atoms with E-state index < -0.39 is 0 Å². The number of halogens is 1. The number of fused-ring (bicyclic) bond motifs is 1. The second-order valence-electron chi connectivity index (χ2n) is 7.28. The van der Waals surface area contributed by atoms with Gasteiger partial charge in [0.2, 0.25) is 5.89 Å². The molecule has 0 bridgehead atoms. The quantitative estimate of drug-likeness (QED) is 0.170. The van der Waals surface area contributed by atoms with Crippen LogP contribution in [0.2, 0.25) is 0 Å². The summed E-state index contributed by atoms with van der Waals surface area (Å²) in [5, 5.41) is 0. The van der Waals surface area contributed by atoms with Crippen molar-refractivity contribution in [3.8, 4) is 17.2 Å². The summed E-state index contributed by atoms with van der Waals surface area (Å²) in [6.45, 7) is 0.552. The molecule has 0 saturated carbocycles. The van der Waals surface area contributed by atoms with Crippen LogP contribution < -0.4 is 4.74 Å². The maximum Gasteiger partial charge on any atom is 0.227 e. The van der Waals surface area contributed by atoms with Gasteiger partial charge in [-0.2, -0.15) is 0 Å². The van der Waals surface area contributed by atoms with Crippen molar-refractivity contribution in [2.45, 2.75) is 6.61 Å². The predicted molar refractivity (Wildman–Crippen MR) is 137 cm³/mol. The first-order valence-electron chi connectivity index (χ1n) is 10.2. The van der Waals surface area contributed by atoms with E-state index in [1.54, 1.807) is 0 Å². The second kappa shape index (κ2) is 9.36. The molecule has 5 heteroatoms. The van der Waals surface area contributed by atoms with Gasteiger partial charge in [0.1, 0.15) is 17.9 Å². The minimum Gasteiger partial charge on any atom is -0.489 e. The van der Waals surface area contributed by atoms with Gasteiger partial charge in [-0.1, -0.05) is 36.4 Å². The molecule has 0 unspecified atom stereocenters. The Morgan fingerprint density at radius 1 is 0.875 bits per heavy atom. The summed E-state index contributed by atoms with van der Waals surface area (Å²) in [6, 6.07) is 31.9. The number of oxazole rings is 1. The SMILES string of the molecule is Ic1cccc(-c2nc3cc(N=Cc4ccc(OCc5ccccc5)cc4)ccc3o2)c1. The average Bonchev–Trinajstić information content (AvgIpc) is 3.26. The maximum absolute atomic E-state index is 5.91. The van der Waals surface area contributed by atoms with Gasteiger partial charge in [0.05, 0.1) is 5.69 Å². The molecule has 156 valence electrons. The molecular weight excluding hydrogens is 511 g/mol. The Morgan fingerprint density at radius 2 is 1.72 bits per heavy atom. The third-order valence-corrected chi connectivity index (χ3v) is 5.60. The van der Waals surface area contributed by atoms with Crippen molar-refractivity contribution < 1.29 is 9.15 Å². The van der Waals surface area contributed by atoms with Crippen LogP contribution in [0.15, 0.2) is 106 Å². The van der Waals surface area contributed by atoms with E-state index in [2.05, 4.69) is 50.8 Å². The number of nitrogens with zero attached hydrogens (tertiary/aromatic N) is 2. The number of benzene rings is 4. The fraction of sp³-hybridized carbons (Fsp3) is 0.0370. The maximum atomic E-state index is 5.91. The third kappa shape index (κ3) is 4.89. The summed E-state index contributed by atoms with van der Waals surface area (Å²) in [7, 11) is 0. The smallest absolute Gasteiger partial charge is 0.227 e. The van der Waals surface area contributed by atoms with E-state index in [1.165, 1.54) is 0 Å². The van der Waals surface area contributed by atoms with Gasteiger partial charge in [0.25, 0.3) is 0 Å². The average molecular weight is 530 g/mol. The van der Waals surface area contributed by atoms with E-state index in [9.17, 15) is 0 Å². The first-order chi connectivity index (χ1) is 15.7. The van der Waals surface area contributed by atoms with Gasteiger partial charge < -0.3 is 9.15 Å². The van der Waals surface area contributed by atoms with Crippen molar-refractivity contribution >= 4 is 45.6 Å². The highest BCUT2D eigenvalue weighted by Crippen LogP contribution is 2.28. The molecule has 0 atom stereocenters. The highest BCUT2D eigenvalue weighted by atomic mass is 127. The van der Waals surface area contributed by atoms with Crippen LogP contribution in [0.5, 0.6) is 5.75 Å². The Bertz CT molecular complexity index is 1380. The lowest BCUT2D eigenvalue weighted by atomic mass is 10.2. The van der Waals surface area contributed by atoms with E-state index in [0.717, 1.165) is 42.8 Å². The number of ether oxygens (including phenoxy) is 1. The summed E-state index contributed by atoms with van der Waals surface area (Å²) in [6.07, 6.45) is 1.84. The summed E-state index contributed by atoms with van der Waals surface area (Å²) in [4.78, 5) is 9.23. The standard InChI is InChI=1S/C27H19IN2O2/c28-22-8-4-7-21(15-22)27-30-25-16-23(11-14-26(25)32-27)29-17-19-9-12-24(13-10-19)31-18-20-5-2-1-3-6-20/h1-17H,18H2. The molecule has 5 rings (SSSR count). The second-order valence-corrected chi connectivity index (χ2v) is 8.53. The molecule has 0 aliphatic rings. The topological polar surface area (TPSA) is 47.6 Å². The fourth-order valence-electron chi connectivity index (χ4n) is 3.28. The number of aliphatic imine (C=N–C) groups is 1. The monoisotopic (exact) mass is 530 g/mol. The van der Waals surface area contributed by atoms with Gasteiger partial charge in [-0.25, -0.2) is 4.98 Å². The van der Waals surface area contributed by atoms with Crippen LogP contribution in [0.1, 0.15) is 11.1 Å². The van der Waals surface area contributed by atoms with Crippen molar-refractivity contribution in [1.82, 2.24) is 4.98 Å². The minimum atomic E-state index is 0.552. The molecule has 0 N–H and O–H groups in total. The predicted octanol–water partition coefficient (Wildman–Crippen LogP) is 7.43. The van der Waals surface area contributed by atoms with Crippen LogP contribution in [0.3, 0.4) is 0 Å². The molecule has 5 aromatic rings. The normalized spacial score (nSPS) is 11.3. The lowest BCUT2D eigenvalue weighted by Crippen LogP contribution is -1.94. The van der Waals surface area contributed by atoms with Gasteiger partial charge in [0, 0.05) is 15.3 Å². The summed E-state index contributed by atoms with van der Waals surface area (Å²) >= 11 is 2.29. The lowest BCUT2D eigenvalue weighted by Gasteiger charge is -2.06. The van der Waals surface area contributed by atoms with Crippen LogP contribution >= 0.6 is 22.6 Å². The van der Waals surface area contributed by atoms with E-state index in [1.807, 2.05) is 85.1 Å². The molecular formula is C27H19IN2O2. The van der Waals surface area contributed by atoms with Crippen LogP contribution in [0, 0.1) is 3.57 Å². The highest BCUT2D eigenvalue weighted by Gasteiger charge is 2.09. The van der Waals surface area contributed by atoms with Gasteiger partial charge >= 0.3 is 0 Å². The third-order valence-electron chi connectivity index (χ3n) is 4.93. The molecule has 4 aromatic carbocycles. The van der Waals surface area contributed by atoms with E-state index in [4.69, 9.17) is 9.15 Å². The molecule has 0 fully saturated rings. The van der Waals surface area contributed by atoms with E-state index in [0.29, 0.717) is 12.5 Å². The Labute approximate surface area is 199 Å².